The van der Waals surface area contributed by atoms with E-state index in [9.17, 15) is 4.79 Å². The van der Waals surface area contributed by atoms with Crippen LogP contribution in [0.4, 0.5) is 0 Å². The second-order valence-corrected chi connectivity index (χ2v) is 6.93. The van der Waals surface area contributed by atoms with Crippen LogP contribution in [0, 0.1) is 11.8 Å². The molecular weight excluding hydrogens is 433 g/mol. The molecule has 2 saturated heterocycles. The minimum atomic E-state index is 0. The van der Waals surface area contributed by atoms with E-state index in [1.165, 1.54) is 6.42 Å². The molecule has 0 aliphatic carbocycles. The zero-order valence-corrected chi connectivity index (χ0v) is 18.1. The molecule has 0 aromatic heterocycles. The number of aliphatic imine (C=N–C) groups is 1. The monoisotopic (exact) mass is 467 g/mol. The highest BCUT2D eigenvalue weighted by Crippen LogP contribution is 2.18. The maximum atomic E-state index is 11.6. The number of amides is 1. The number of halogens is 1. The molecule has 1 atom stereocenters. The third-order valence-electron chi connectivity index (χ3n) is 4.65. The first-order valence-electron chi connectivity index (χ1n) is 9.13. The molecule has 0 spiro atoms. The molecule has 0 radical (unpaired) electrons. The molecule has 25 heavy (non-hydrogen) atoms. The lowest BCUT2D eigenvalue weighted by Gasteiger charge is -2.29. The Hall–Kier alpha value is -0.610. The third-order valence-corrected chi connectivity index (χ3v) is 4.65. The highest BCUT2D eigenvalue weighted by Gasteiger charge is 2.26. The Morgan fingerprint density at radius 3 is 2.52 bits per heavy atom. The summed E-state index contributed by atoms with van der Waals surface area (Å²) in [5.41, 5.74) is 0. The molecule has 2 aliphatic heterocycles. The van der Waals surface area contributed by atoms with E-state index >= 15 is 0 Å². The highest BCUT2D eigenvalue weighted by atomic mass is 127. The number of likely N-dealkylation sites (tertiary alicyclic amines) is 1. The number of hydrogen-bond donors (Lipinski definition) is 2. The standard InChI is InChI=1S/C17H33N5O2.HI/c1-14(2)16(23)19-5-6-20-17(18-3)22-7-4-15(13-22)12-21-8-10-24-11-9-21;/h14-15H,4-13H2,1-3H3,(H,18,20)(H,19,23);1H. The van der Waals surface area contributed by atoms with E-state index in [-0.39, 0.29) is 35.8 Å². The number of nitrogens with zero attached hydrogens (tertiary/aromatic N) is 3. The van der Waals surface area contributed by atoms with E-state index in [0.29, 0.717) is 19.0 Å². The lowest BCUT2D eigenvalue weighted by molar-refractivity contribution is -0.123. The fourth-order valence-electron chi connectivity index (χ4n) is 3.22. The summed E-state index contributed by atoms with van der Waals surface area (Å²) >= 11 is 0. The van der Waals surface area contributed by atoms with Crippen molar-refractivity contribution in [2.75, 3.05) is 66.1 Å². The Bertz CT molecular complexity index is 427. The van der Waals surface area contributed by atoms with Gasteiger partial charge in [0.15, 0.2) is 5.96 Å². The lowest BCUT2D eigenvalue weighted by Crippen LogP contribution is -2.44. The topological polar surface area (TPSA) is 69.2 Å². The molecule has 2 heterocycles. The van der Waals surface area contributed by atoms with Gasteiger partial charge in [-0.1, -0.05) is 13.8 Å². The molecule has 2 aliphatic rings. The number of rotatable bonds is 6. The number of nitrogens with one attached hydrogen (secondary N) is 2. The van der Waals surface area contributed by atoms with Crippen molar-refractivity contribution in [3.63, 3.8) is 0 Å². The van der Waals surface area contributed by atoms with E-state index < -0.39 is 0 Å². The van der Waals surface area contributed by atoms with Crippen molar-refractivity contribution in [3.05, 3.63) is 0 Å². The van der Waals surface area contributed by atoms with E-state index in [4.69, 9.17) is 4.74 Å². The van der Waals surface area contributed by atoms with Crippen LogP contribution in [0.25, 0.3) is 0 Å². The Morgan fingerprint density at radius 2 is 1.88 bits per heavy atom. The zero-order valence-electron chi connectivity index (χ0n) is 15.8. The van der Waals surface area contributed by atoms with Gasteiger partial charge in [0.2, 0.25) is 5.91 Å². The Labute approximate surface area is 169 Å². The van der Waals surface area contributed by atoms with E-state index in [1.54, 1.807) is 0 Å². The van der Waals surface area contributed by atoms with Gasteiger partial charge < -0.3 is 20.3 Å². The predicted molar refractivity (Wildman–Crippen MR) is 112 cm³/mol. The van der Waals surface area contributed by atoms with Gasteiger partial charge in [0.25, 0.3) is 0 Å². The van der Waals surface area contributed by atoms with E-state index in [1.807, 2.05) is 20.9 Å². The van der Waals surface area contributed by atoms with Crippen LogP contribution in [0.5, 0.6) is 0 Å². The summed E-state index contributed by atoms with van der Waals surface area (Å²) in [7, 11) is 1.82. The summed E-state index contributed by atoms with van der Waals surface area (Å²) in [6.45, 7) is 12.2. The Balaban J connectivity index is 0.00000312. The Morgan fingerprint density at radius 1 is 1.20 bits per heavy atom. The molecule has 0 bridgehead atoms. The van der Waals surface area contributed by atoms with Gasteiger partial charge in [0.05, 0.1) is 13.2 Å². The van der Waals surface area contributed by atoms with Gasteiger partial charge in [-0.3, -0.25) is 14.7 Å². The number of guanidine groups is 1. The molecule has 0 aromatic rings. The van der Waals surface area contributed by atoms with Gasteiger partial charge >= 0.3 is 0 Å². The van der Waals surface area contributed by atoms with Crippen molar-refractivity contribution in [3.8, 4) is 0 Å². The van der Waals surface area contributed by atoms with Crippen molar-refractivity contribution >= 4 is 35.8 Å². The minimum absolute atomic E-state index is 0. The molecule has 1 unspecified atom stereocenters. The summed E-state index contributed by atoms with van der Waals surface area (Å²) in [6, 6.07) is 0. The first-order chi connectivity index (χ1) is 11.6. The maximum Gasteiger partial charge on any atom is 0.222 e. The molecule has 2 fully saturated rings. The number of ether oxygens (including phenoxy) is 1. The van der Waals surface area contributed by atoms with Gasteiger partial charge in [-0.25, -0.2) is 0 Å². The molecular formula is C17H34IN5O2. The maximum absolute atomic E-state index is 11.6. The third kappa shape index (κ3) is 7.65. The van der Waals surface area contributed by atoms with Gasteiger partial charge in [0, 0.05) is 58.8 Å². The van der Waals surface area contributed by atoms with Crippen LogP contribution in [-0.4, -0.2) is 87.7 Å². The molecule has 146 valence electrons. The molecule has 2 N–H and O–H groups in total. The SMILES string of the molecule is CN=C(NCCNC(=O)C(C)C)N1CCC(CN2CCOCC2)C1.I. The average molecular weight is 467 g/mol. The first-order valence-corrected chi connectivity index (χ1v) is 9.13. The largest absolute Gasteiger partial charge is 0.379 e. The summed E-state index contributed by atoms with van der Waals surface area (Å²) in [5, 5.41) is 6.28. The summed E-state index contributed by atoms with van der Waals surface area (Å²) in [6.07, 6.45) is 1.21. The van der Waals surface area contributed by atoms with Crippen molar-refractivity contribution in [1.82, 2.24) is 20.4 Å². The molecule has 7 nitrogen and oxygen atoms in total. The van der Waals surface area contributed by atoms with E-state index in [0.717, 1.165) is 51.9 Å². The van der Waals surface area contributed by atoms with Crippen LogP contribution in [0.3, 0.4) is 0 Å². The zero-order chi connectivity index (χ0) is 17.4. The number of carbonyl (C=O) groups is 1. The van der Waals surface area contributed by atoms with Crippen LogP contribution >= 0.6 is 24.0 Å². The minimum Gasteiger partial charge on any atom is -0.379 e. The molecule has 0 aromatic carbocycles. The molecule has 2 rings (SSSR count). The second kappa shape index (κ2) is 11.9. The van der Waals surface area contributed by atoms with Gasteiger partial charge in [-0.05, 0) is 12.3 Å². The van der Waals surface area contributed by atoms with E-state index in [2.05, 4.69) is 25.4 Å². The number of morpholine rings is 1. The summed E-state index contributed by atoms with van der Waals surface area (Å²) in [5.74, 6) is 1.77. The van der Waals surface area contributed by atoms with Crippen LogP contribution in [0.15, 0.2) is 4.99 Å². The first kappa shape index (κ1) is 22.4. The quantitative estimate of drug-likeness (QED) is 0.259. The summed E-state index contributed by atoms with van der Waals surface area (Å²) < 4.78 is 5.42. The second-order valence-electron chi connectivity index (χ2n) is 6.93. The molecule has 1 amide bonds. The van der Waals surface area contributed by atoms with Crippen molar-refractivity contribution < 1.29 is 9.53 Å². The van der Waals surface area contributed by atoms with Crippen molar-refractivity contribution in [2.24, 2.45) is 16.8 Å². The van der Waals surface area contributed by atoms with Crippen LogP contribution in [0.1, 0.15) is 20.3 Å². The normalized spacial score (nSPS) is 22.0. The predicted octanol–water partition coefficient (Wildman–Crippen LogP) is 0.606. The number of hydrogen-bond acceptors (Lipinski definition) is 4. The smallest absolute Gasteiger partial charge is 0.222 e. The van der Waals surface area contributed by atoms with Crippen molar-refractivity contribution in [1.29, 1.82) is 0 Å². The van der Waals surface area contributed by atoms with Gasteiger partial charge in [0.1, 0.15) is 0 Å². The fourth-order valence-corrected chi connectivity index (χ4v) is 3.22. The van der Waals surface area contributed by atoms with Crippen molar-refractivity contribution in [2.45, 2.75) is 20.3 Å². The molecule has 0 saturated carbocycles. The van der Waals surface area contributed by atoms with Gasteiger partial charge in [-0.2, -0.15) is 0 Å². The lowest BCUT2D eigenvalue weighted by atomic mass is 10.1. The fraction of sp³-hybridized carbons (Fsp3) is 0.882. The summed E-state index contributed by atoms with van der Waals surface area (Å²) in [4.78, 5) is 20.8. The Kier molecular flexibility index (Phi) is 10.7. The van der Waals surface area contributed by atoms with Gasteiger partial charge in [-0.15, -0.1) is 24.0 Å². The van der Waals surface area contributed by atoms with Crippen LogP contribution < -0.4 is 10.6 Å². The number of carbonyl (C=O) groups excluding carboxylic acids is 1. The van der Waals surface area contributed by atoms with Crippen LogP contribution in [0.2, 0.25) is 0 Å². The highest BCUT2D eigenvalue weighted by molar-refractivity contribution is 14.0. The van der Waals surface area contributed by atoms with Crippen LogP contribution in [-0.2, 0) is 9.53 Å². The average Bonchev–Trinajstić information content (AvgIpc) is 3.03. The molecule has 8 heteroatoms.